The van der Waals surface area contributed by atoms with Crippen molar-refractivity contribution in [3.8, 4) is 0 Å². The molecule has 0 aromatic carbocycles. The molecule has 1 aliphatic rings. The molecule has 0 radical (unpaired) electrons. The van der Waals surface area contributed by atoms with Crippen LogP contribution in [0.5, 0.6) is 0 Å². The Hall–Kier alpha value is -1.30. The molecule has 6 nitrogen and oxygen atoms in total. The number of amides is 2. The van der Waals surface area contributed by atoms with E-state index >= 15 is 0 Å². The summed E-state index contributed by atoms with van der Waals surface area (Å²) in [5.74, 6) is -0.629. The minimum Gasteiger partial charge on any atom is -0.481 e. The highest BCUT2D eigenvalue weighted by Gasteiger charge is 2.20. The van der Waals surface area contributed by atoms with E-state index in [0.29, 0.717) is 24.8 Å². The van der Waals surface area contributed by atoms with Crippen molar-refractivity contribution in [1.82, 2.24) is 10.6 Å². The fourth-order valence-electron chi connectivity index (χ4n) is 2.31. The largest absolute Gasteiger partial charge is 0.481 e. The molecule has 0 spiro atoms. The summed E-state index contributed by atoms with van der Waals surface area (Å²) in [6.45, 7) is 6.25. The van der Waals surface area contributed by atoms with E-state index in [2.05, 4.69) is 10.6 Å². The van der Waals surface area contributed by atoms with Crippen LogP contribution in [-0.4, -0.2) is 43.4 Å². The van der Waals surface area contributed by atoms with E-state index in [1.807, 2.05) is 13.8 Å². The number of carboxylic acid groups (broad SMARTS) is 1. The maximum Gasteiger partial charge on any atom is 0.314 e. The van der Waals surface area contributed by atoms with Crippen LogP contribution in [0.2, 0.25) is 0 Å². The number of carbonyl (C=O) groups is 2. The van der Waals surface area contributed by atoms with Gasteiger partial charge >= 0.3 is 12.0 Å². The topological polar surface area (TPSA) is 87.7 Å². The second-order valence-corrected chi connectivity index (χ2v) is 5.81. The number of hydrogen-bond donors (Lipinski definition) is 3. The zero-order valence-electron chi connectivity index (χ0n) is 12.4. The molecule has 20 heavy (non-hydrogen) atoms. The zero-order valence-corrected chi connectivity index (χ0v) is 12.4. The molecule has 1 rings (SSSR count). The van der Waals surface area contributed by atoms with Crippen molar-refractivity contribution in [3.63, 3.8) is 0 Å². The van der Waals surface area contributed by atoms with Crippen LogP contribution in [-0.2, 0) is 9.53 Å². The van der Waals surface area contributed by atoms with Crippen molar-refractivity contribution in [2.24, 2.45) is 17.8 Å². The maximum atomic E-state index is 11.7. The Morgan fingerprint density at radius 2 is 1.90 bits per heavy atom. The Balaban J connectivity index is 2.21. The van der Waals surface area contributed by atoms with Gasteiger partial charge in [-0.3, -0.25) is 4.79 Å². The van der Waals surface area contributed by atoms with Gasteiger partial charge < -0.3 is 20.5 Å². The molecule has 1 fully saturated rings. The first-order valence-electron chi connectivity index (χ1n) is 7.31. The van der Waals surface area contributed by atoms with Gasteiger partial charge in [0.25, 0.3) is 0 Å². The highest BCUT2D eigenvalue weighted by Crippen LogP contribution is 2.13. The molecule has 1 saturated heterocycles. The molecule has 1 aliphatic heterocycles. The van der Waals surface area contributed by atoms with Gasteiger partial charge in [0, 0.05) is 26.3 Å². The normalized spacial score (nSPS) is 17.8. The van der Waals surface area contributed by atoms with Crippen LogP contribution < -0.4 is 10.6 Å². The number of aliphatic carboxylic acids is 1. The maximum absolute atomic E-state index is 11.7. The van der Waals surface area contributed by atoms with Crippen LogP contribution in [0, 0.1) is 17.8 Å². The summed E-state index contributed by atoms with van der Waals surface area (Å²) >= 11 is 0. The number of urea groups is 1. The van der Waals surface area contributed by atoms with Gasteiger partial charge in [-0.25, -0.2) is 4.79 Å². The number of carboxylic acids is 1. The quantitative estimate of drug-likeness (QED) is 0.661. The Morgan fingerprint density at radius 1 is 1.25 bits per heavy atom. The van der Waals surface area contributed by atoms with Crippen molar-refractivity contribution < 1.29 is 19.4 Å². The van der Waals surface area contributed by atoms with Crippen LogP contribution in [0.4, 0.5) is 4.79 Å². The molecule has 0 aromatic heterocycles. The Labute approximate surface area is 120 Å². The number of rotatable bonds is 7. The van der Waals surface area contributed by atoms with Crippen molar-refractivity contribution >= 4 is 12.0 Å². The molecular formula is C14H26N2O4. The predicted molar refractivity (Wildman–Crippen MR) is 75.5 cm³/mol. The van der Waals surface area contributed by atoms with Crippen LogP contribution in [0.1, 0.15) is 33.1 Å². The van der Waals surface area contributed by atoms with E-state index in [-0.39, 0.29) is 12.6 Å². The Bertz CT molecular complexity index is 314. The second-order valence-electron chi connectivity index (χ2n) is 5.81. The SMILES string of the molecule is CC(C)CC(CNC(=O)NCC1CCOCC1)C(=O)O. The number of carbonyl (C=O) groups excluding carboxylic acids is 1. The van der Waals surface area contributed by atoms with Gasteiger partial charge in [-0.1, -0.05) is 13.8 Å². The third kappa shape index (κ3) is 6.75. The lowest BCUT2D eigenvalue weighted by molar-refractivity contribution is -0.142. The van der Waals surface area contributed by atoms with Crippen molar-refractivity contribution in [3.05, 3.63) is 0 Å². The van der Waals surface area contributed by atoms with Gasteiger partial charge in [0.15, 0.2) is 0 Å². The zero-order chi connectivity index (χ0) is 15.0. The van der Waals surface area contributed by atoms with E-state index < -0.39 is 11.9 Å². The molecule has 6 heteroatoms. The van der Waals surface area contributed by atoms with E-state index in [9.17, 15) is 9.59 Å². The third-order valence-corrected chi connectivity index (χ3v) is 3.51. The second kappa shape index (κ2) is 8.79. The van der Waals surface area contributed by atoms with Crippen LogP contribution >= 0.6 is 0 Å². The molecule has 1 heterocycles. The van der Waals surface area contributed by atoms with Gasteiger partial charge in [0.05, 0.1) is 5.92 Å². The lowest BCUT2D eigenvalue weighted by Gasteiger charge is -2.22. The van der Waals surface area contributed by atoms with Crippen LogP contribution in [0.3, 0.4) is 0 Å². The summed E-state index contributed by atoms with van der Waals surface area (Å²) in [7, 11) is 0. The summed E-state index contributed by atoms with van der Waals surface area (Å²) in [5, 5.41) is 14.5. The molecule has 2 amide bonds. The third-order valence-electron chi connectivity index (χ3n) is 3.51. The molecule has 0 saturated carbocycles. The monoisotopic (exact) mass is 286 g/mol. The average Bonchev–Trinajstić information content (AvgIpc) is 2.41. The summed E-state index contributed by atoms with van der Waals surface area (Å²) in [4.78, 5) is 22.7. The van der Waals surface area contributed by atoms with Crippen molar-refractivity contribution in [2.45, 2.75) is 33.1 Å². The van der Waals surface area contributed by atoms with Gasteiger partial charge in [-0.2, -0.15) is 0 Å². The number of nitrogens with one attached hydrogen (secondary N) is 2. The van der Waals surface area contributed by atoms with E-state index in [0.717, 1.165) is 26.1 Å². The number of ether oxygens (including phenoxy) is 1. The van der Waals surface area contributed by atoms with Crippen molar-refractivity contribution in [1.29, 1.82) is 0 Å². The smallest absolute Gasteiger partial charge is 0.314 e. The molecule has 0 aromatic rings. The summed E-state index contributed by atoms with van der Waals surface area (Å²) < 4.78 is 5.26. The van der Waals surface area contributed by atoms with Crippen LogP contribution in [0.15, 0.2) is 0 Å². The highest BCUT2D eigenvalue weighted by atomic mass is 16.5. The summed E-state index contributed by atoms with van der Waals surface area (Å²) in [6.07, 6.45) is 2.49. The Kier molecular flexibility index (Phi) is 7.36. The first-order chi connectivity index (χ1) is 9.49. The fourth-order valence-corrected chi connectivity index (χ4v) is 2.31. The molecule has 0 aliphatic carbocycles. The average molecular weight is 286 g/mol. The number of hydrogen-bond acceptors (Lipinski definition) is 3. The van der Waals surface area contributed by atoms with Gasteiger partial charge in [-0.15, -0.1) is 0 Å². The Morgan fingerprint density at radius 3 is 2.45 bits per heavy atom. The van der Waals surface area contributed by atoms with Gasteiger partial charge in [0.1, 0.15) is 0 Å². The first-order valence-corrected chi connectivity index (χ1v) is 7.31. The first kappa shape index (κ1) is 16.8. The summed E-state index contributed by atoms with van der Waals surface area (Å²) in [6, 6.07) is -0.286. The molecule has 0 bridgehead atoms. The summed E-state index contributed by atoms with van der Waals surface area (Å²) in [5.41, 5.74) is 0. The van der Waals surface area contributed by atoms with Gasteiger partial charge in [0.2, 0.25) is 0 Å². The predicted octanol–water partition coefficient (Wildman–Crippen LogP) is 1.46. The van der Waals surface area contributed by atoms with Crippen LogP contribution in [0.25, 0.3) is 0 Å². The molecular weight excluding hydrogens is 260 g/mol. The van der Waals surface area contributed by atoms with Crippen molar-refractivity contribution in [2.75, 3.05) is 26.3 Å². The highest BCUT2D eigenvalue weighted by molar-refractivity contribution is 5.75. The lowest BCUT2D eigenvalue weighted by Crippen LogP contribution is -2.42. The minimum atomic E-state index is -0.858. The molecule has 3 N–H and O–H groups in total. The molecule has 1 atom stereocenters. The molecule has 1 unspecified atom stereocenters. The lowest BCUT2D eigenvalue weighted by atomic mass is 9.97. The van der Waals surface area contributed by atoms with E-state index in [1.54, 1.807) is 0 Å². The molecule has 116 valence electrons. The van der Waals surface area contributed by atoms with E-state index in [4.69, 9.17) is 9.84 Å². The fraction of sp³-hybridized carbons (Fsp3) is 0.857. The minimum absolute atomic E-state index is 0.174. The van der Waals surface area contributed by atoms with Gasteiger partial charge in [-0.05, 0) is 31.1 Å². The van der Waals surface area contributed by atoms with E-state index in [1.165, 1.54) is 0 Å². The standard InChI is InChI=1S/C14H26N2O4/c1-10(2)7-12(13(17)18)9-16-14(19)15-8-11-3-5-20-6-4-11/h10-12H,3-9H2,1-2H3,(H,17,18)(H2,15,16,19).